The van der Waals surface area contributed by atoms with Crippen LogP contribution in [0.15, 0.2) is 36.4 Å². The lowest BCUT2D eigenvalue weighted by molar-refractivity contribution is 0.627. The van der Waals surface area contributed by atoms with Crippen molar-refractivity contribution in [2.75, 3.05) is 5.32 Å². The van der Waals surface area contributed by atoms with E-state index in [9.17, 15) is 4.39 Å². The summed E-state index contributed by atoms with van der Waals surface area (Å²) < 4.78 is 13.2. The van der Waals surface area contributed by atoms with Crippen molar-refractivity contribution in [1.29, 1.82) is 0 Å². The summed E-state index contributed by atoms with van der Waals surface area (Å²) in [6.45, 7) is 2.10. The largest absolute Gasteiger partial charge is 0.376 e. The molecule has 2 aromatic rings. The SMILES string of the molecule is CCCC(Nc1c(Cl)cc(F)cc1Cl)c1ccc(Cl)cc1. The molecule has 2 aromatic carbocycles. The number of halogens is 4. The van der Waals surface area contributed by atoms with Gasteiger partial charge in [-0.15, -0.1) is 0 Å². The van der Waals surface area contributed by atoms with E-state index >= 15 is 0 Å². The van der Waals surface area contributed by atoms with Gasteiger partial charge in [0.15, 0.2) is 0 Å². The minimum Gasteiger partial charge on any atom is -0.376 e. The molecule has 0 radical (unpaired) electrons. The van der Waals surface area contributed by atoms with Crippen molar-refractivity contribution in [1.82, 2.24) is 0 Å². The molecular weight excluding hydrogens is 332 g/mol. The Hall–Kier alpha value is -0.960. The van der Waals surface area contributed by atoms with Crippen LogP contribution in [0.25, 0.3) is 0 Å². The van der Waals surface area contributed by atoms with Gasteiger partial charge < -0.3 is 5.32 Å². The van der Waals surface area contributed by atoms with Gasteiger partial charge in [-0.3, -0.25) is 0 Å². The van der Waals surface area contributed by atoms with Gasteiger partial charge in [0.1, 0.15) is 5.82 Å². The molecule has 0 saturated carbocycles. The topological polar surface area (TPSA) is 12.0 Å². The third kappa shape index (κ3) is 4.26. The first-order valence-corrected chi connectivity index (χ1v) is 7.81. The first-order valence-electron chi connectivity index (χ1n) is 6.67. The smallest absolute Gasteiger partial charge is 0.126 e. The third-order valence-electron chi connectivity index (χ3n) is 3.18. The predicted octanol–water partition coefficient (Wildman–Crippen LogP) is 6.74. The molecule has 5 heteroatoms. The van der Waals surface area contributed by atoms with Crippen LogP contribution in [0.2, 0.25) is 15.1 Å². The normalized spacial score (nSPS) is 12.2. The maximum atomic E-state index is 13.2. The molecule has 0 fully saturated rings. The Labute approximate surface area is 139 Å². The van der Waals surface area contributed by atoms with E-state index in [-0.39, 0.29) is 16.1 Å². The Balaban J connectivity index is 2.30. The fraction of sp³-hybridized carbons (Fsp3) is 0.250. The quantitative estimate of drug-likeness (QED) is 0.632. The summed E-state index contributed by atoms with van der Waals surface area (Å²) in [5.74, 6) is -0.450. The fourth-order valence-electron chi connectivity index (χ4n) is 2.16. The summed E-state index contributed by atoms with van der Waals surface area (Å²) in [5.41, 5.74) is 1.63. The van der Waals surface area contributed by atoms with Crippen LogP contribution >= 0.6 is 34.8 Å². The van der Waals surface area contributed by atoms with Crippen LogP contribution < -0.4 is 5.32 Å². The van der Waals surface area contributed by atoms with Crippen LogP contribution in [-0.4, -0.2) is 0 Å². The molecule has 0 aliphatic rings. The highest BCUT2D eigenvalue weighted by Crippen LogP contribution is 2.35. The average Bonchev–Trinajstić information content (AvgIpc) is 2.42. The van der Waals surface area contributed by atoms with Crippen LogP contribution in [0.1, 0.15) is 31.4 Å². The number of hydrogen-bond donors (Lipinski definition) is 1. The van der Waals surface area contributed by atoms with E-state index < -0.39 is 5.82 Å². The van der Waals surface area contributed by atoms with Gasteiger partial charge in [-0.2, -0.15) is 0 Å². The number of anilines is 1. The van der Waals surface area contributed by atoms with E-state index in [1.54, 1.807) is 0 Å². The molecule has 0 aliphatic carbocycles. The number of nitrogens with one attached hydrogen (secondary N) is 1. The van der Waals surface area contributed by atoms with Gasteiger partial charge in [-0.1, -0.05) is 60.3 Å². The van der Waals surface area contributed by atoms with E-state index in [0.717, 1.165) is 18.4 Å². The zero-order valence-corrected chi connectivity index (χ0v) is 13.7. The molecule has 0 aliphatic heterocycles. The van der Waals surface area contributed by atoms with Crippen LogP contribution in [0.4, 0.5) is 10.1 Å². The Kier molecular flexibility index (Phi) is 5.74. The van der Waals surface area contributed by atoms with Gasteiger partial charge in [0.05, 0.1) is 21.8 Å². The van der Waals surface area contributed by atoms with Crippen molar-refractivity contribution in [3.05, 3.63) is 62.8 Å². The van der Waals surface area contributed by atoms with Crippen molar-refractivity contribution in [3.8, 4) is 0 Å². The second-order valence-corrected chi connectivity index (χ2v) is 6.03. The summed E-state index contributed by atoms with van der Waals surface area (Å²) in [4.78, 5) is 0. The molecule has 1 unspecified atom stereocenters. The highest BCUT2D eigenvalue weighted by molar-refractivity contribution is 6.39. The molecule has 1 N–H and O–H groups in total. The summed E-state index contributed by atoms with van der Waals surface area (Å²) in [6.07, 6.45) is 1.88. The number of hydrogen-bond acceptors (Lipinski definition) is 1. The summed E-state index contributed by atoms with van der Waals surface area (Å²) in [6, 6.07) is 10.1. The van der Waals surface area contributed by atoms with E-state index in [4.69, 9.17) is 34.8 Å². The lowest BCUT2D eigenvalue weighted by atomic mass is 10.0. The molecule has 0 aromatic heterocycles. The number of rotatable bonds is 5. The van der Waals surface area contributed by atoms with Crippen molar-refractivity contribution in [3.63, 3.8) is 0 Å². The highest BCUT2D eigenvalue weighted by Gasteiger charge is 2.15. The summed E-state index contributed by atoms with van der Waals surface area (Å²) >= 11 is 18.1. The van der Waals surface area contributed by atoms with E-state index in [0.29, 0.717) is 10.7 Å². The lowest BCUT2D eigenvalue weighted by Crippen LogP contribution is -2.11. The first kappa shape index (κ1) is 16.4. The molecule has 21 heavy (non-hydrogen) atoms. The summed E-state index contributed by atoms with van der Waals surface area (Å²) in [5, 5.41) is 4.54. The fourth-order valence-corrected chi connectivity index (χ4v) is 2.86. The van der Waals surface area contributed by atoms with Gasteiger partial charge in [-0.25, -0.2) is 4.39 Å². The Morgan fingerprint density at radius 3 is 2.14 bits per heavy atom. The Morgan fingerprint density at radius 2 is 1.62 bits per heavy atom. The minimum atomic E-state index is -0.450. The molecule has 0 saturated heterocycles. The van der Waals surface area contributed by atoms with Crippen molar-refractivity contribution in [2.45, 2.75) is 25.8 Å². The monoisotopic (exact) mass is 345 g/mol. The maximum absolute atomic E-state index is 13.2. The molecule has 0 heterocycles. The van der Waals surface area contributed by atoms with Crippen LogP contribution in [0.3, 0.4) is 0 Å². The lowest BCUT2D eigenvalue weighted by Gasteiger charge is -2.21. The molecule has 2 rings (SSSR count). The van der Waals surface area contributed by atoms with Gasteiger partial charge in [-0.05, 0) is 36.2 Å². The molecule has 0 spiro atoms. The first-order chi connectivity index (χ1) is 10.0. The van der Waals surface area contributed by atoms with Gasteiger partial charge >= 0.3 is 0 Å². The minimum absolute atomic E-state index is 0.0349. The zero-order valence-electron chi connectivity index (χ0n) is 11.5. The highest BCUT2D eigenvalue weighted by atomic mass is 35.5. The van der Waals surface area contributed by atoms with Crippen LogP contribution in [-0.2, 0) is 0 Å². The predicted molar refractivity (Wildman–Crippen MR) is 89.1 cm³/mol. The van der Waals surface area contributed by atoms with Crippen molar-refractivity contribution >= 4 is 40.5 Å². The standard InChI is InChI=1S/C16H15Cl3FN/c1-2-3-15(10-4-6-11(17)7-5-10)21-16-13(18)8-12(20)9-14(16)19/h4-9,15,21H,2-3H2,1H3. The van der Waals surface area contributed by atoms with E-state index in [1.807, 2.05) is 24.3 Å². The van der Waals surface area contributed by atoms with Gasteiger partial charge in [0.2, 0.25) is 0 Å². The second-order valence-electron chi connectivity index (χ2n) is 4.78. The molecular formula is C16H15Cl3FN. The third-order valence-corrected chi connectivity index (χ3v) is 4.02. The van der Waals surface area contributed by atoms with Crippen LogP contribution in [0, 0.1) is 5.82 Å². The average molecular weight is 347 g/mol. The summed E-state index contributed by atoms with van der Waals surface area (Å²) in [7, 11) is 0. The molecule has 0 bridgehead atoms. The number of benzene rings is 2. The van der Waals surface area contributed by atoms with Crippen molar-refractivity contribution < 1.29 is 4.39 Å². The Morgan fingerprint density at radius 1 is 1.05 bits per heavy atom. The van der Waals surface area contributed by atoms with E-state index in [1.165, 1.54) is 12.1 Å². The zero-order chi connectivity index (χ0) is 15.4. The van der Waals surface area contributed by atoms with Gasteiger partial charge in [0.25, 0.3) is 0 Å². The molecule has 0 amide bonds. The second kappa shape index (κ2) is 7.35. The maximum Gasteiger partial charge on any atom is 0.126 e. The van der Waals surface area contributed by atoms with Gasteiger partial charge in [0, 0.05) is 5.02 Å². The molecule has 112 valence electrons. The van der Waals surface area contributed by atoms with Crippen LogP contribution in [0.5, 0.6) is 0 Å². The van der Waals surface area contributed by atoms with Crippen molar-refractivity contribution in [2.24, 2.45) is 0 Å². The Bertz CT molecular complexity index is 590. The van der Waals surface area contributed by atoms with E-state index in [2.05, 4.69) is 12.2 Å². The molecule has 1 nitrogen and oxygen atoms in total. The molecule has 1 atom stereocenters.